The SMILES string of the molecule is CCN1CCN(c2nc(-c3ccc(OCCO)cc3)cc3ccsc23)CC1. The number of thiophene rings is 1. The molecule has 4 rings (SSSR count). The molecule has 1 aromatic carbocycles. The van der Waals surface area contributed by atoms with Crippen molar-refractivity contribution in [3.05, 3.63) is 41.8 Å². The van der Waals surface area contributed by atoms with Gasteiger partial charge in [-0.15, -0.1) is 11.3 Å². The summed E-state index contributed by atoms with van der Waals surface area (Å²) in [5.74, 6) is 1.87. The summed E-state index contributed by atoms with van der Waals surface area (Å²) < 4.78 is 6.73. The van der Waals surface area contributed by atoms with E-state index in [-0.39, 0.29) is 6.61 Å². The number of ether oxygens (including phenoxy) is 1. The Hall–Kier alpha value is -2.15. The van der Waals surface area contributed by atoms with Crippen LogP contribution in [0.25, 0.3) is 21.3 Å². The smallest absolute Gasteiger partial charge is 0.147 e. The Bertz CT molecular complexity index is 886. The van der Waals surface area contributed by atoms with Crippen molar-refractivity contribution in [3.63, 3.8) is 0 Å². The number of aliphatic hydroxyl groups excluding tert-OH is 1. The molecule has 0 atom stereocenters. The van der Waals surface area contributed by atoms with Crippen molar-refractivity contribution < 1.29 is 9.84 Å². The third-order valence-electron chi connectivity index (χ3n) is 5.05. The molecular formula is C21H25N3O2S. The van der Waals surface area contributed by atoms with Crippen molar-refractivity contribution in [1.82, 2.24) is 9.88 Å². The van der Waals surface area contributed by atoms with Crippen molar-refractivity contribution in [2.24, 2.45) is 0 Å². The van der Waals surface area contributed by atoms with Crippen molar-refractivity contribution >= 4 is 27.2 Å². The Kier molecular flexibility index (Phi) is 5.57. The van der Waals surface area contributed by atoms with E-state index in [0.29, 0.717) is 6.61 Å². The fourth-order valence-corrected chi connectivity index (χ4v) is 4.38. The molecule has 0 radical (unpaired) electrons. The summed E-state index contributed by atoms with van der Waals surface area (Å²) in [6, 6.07) is 12.3. The summed E-state index contributed by atoms with van der Waals surface area (Å²) in [6.45, 7) is 7.88. The first-order valence-electron chi connectivity index (χ1n) is 9.48. The van der Waals surface area contributed by atoms with Crippen LogP contribution in [0.1, 0.15) is 6.92 Å². The Labute approximate surface area is 163 Å². The maximum absolute atomic E-state index is 8.89. The van der Waals surface area contributed by atoms with Gasteiger partial charge in [-0.3, -0.25) is 0 Å². The van der Waals surface area contributed by atoms with Gasteiger partial charge >= 0.3 is 0 Å². The summed E-state index contributed by atoms with van der Waals surface area (Å²) in [5, 5.41) is 12.3. The predicted molar refractivity (Wildman–Crippen MR) is 112 cm³/mol. The number of rotatable bonds is 6. The second kappa shape index (κ2) is 8.25. The van der Waals surface area contributed by atoms with Gasteiger partial charge in [0.2, 0.25) is 0 Å². The van der Waals surface area contributed by atoms with Crippen LogP contribution in [0.5, 0.6) is 5.75 Å². The quantitative estimate of drug-likeness (QED) is 0.706. The van der Waals surface area contributed by atoms with Crippen LogP contribution >= 0.6 is 11.3 Å². The largest absolute Gasteiger partial charge is 0.491 e. The maximum atomic E-state index is 8.89. The van der Waals surface area contributed by atoms with Crippen LogP contribution in [0.15, 0.2) is 41.8 Å². The molecule has 1 aliphatic rings. The number of pyridine rings is 1. The summed E-state index contributed by atoms with van der Waals surface area (Å²) in [4.78, 5) is 9.95. The predicted octanol–water partition coefficient (Wildman–Crippen LogP) is 3.48. The van der Waals surface area contributed by atoms with Gasteiger partial charge in [-0.1, -0.05) is 6.92 Å². The monoisotopic (exact) mass is 383 g/mol. The summed E-state index contributed by atoms with van der Waals surface area (Å²) in [5.41, 5.74) is 2.07. The van der Waals surface area contributed by atoms with Crippen LogP contribution in [0.3, 0.4) is 0 Å². The molecule has 1 fully saturated rings. The third kappa shape index (κ3) is 3.93. The molecule has 1 saturated heterocycles. The van der Waals surface area contributed by atoms with E-state index in [1.165, 1.54) is 10.1 Å². The minimum Gasteiger partial charge on any atom is -0.491 e. The minimum atomic E-state index is 0.0206. The number of piperazine rings is 1. The van der Waals surface area contributed by atoms with E-state index in [1.54, 1.807) is 11.3 Å². The van der Waals surface area contributed by atoms with Gasteiger partial charge in [0.05, 0.1) is 17.0 Å². The molecule has 0 spiro atoms. The van der Waals surface area contributed by atoms with Gasteiger partial charge in [-0.05, 0) is 53.7 Å². The van der Waals surface area contributed by atoms with Crippen LogP contribution in [0.2, 0.25) is 0 Å². The van der Waals surface area contributed by atoms with Crippen molar-refractivity contribution in [1.29, 1.82) is 0 Å². The molecule has 27 heavy (non-hydrogen) atoms. The highest BCUT2D eigenvalue weighted by Crippen LogP contribution is 2.34. The molecular weight excluding hydrogens is 358 g/mol. The first kappa shape index (κ1) is 18.2. The van der Waals surface area contributed by atoms with Gasteiger partial charge in [0.25, 0.3) is 0 Å². The molecule has 1 N–H and O–H groups in total. The molecule has 0 unspecified atom stereocenters. The van der Waals surface area contributed by atoms with E-state index >= 15 is 0 Å². The standard InChI is InChI=1S/C21H25N3O2S/c1-2-23-8-10-24(11-9-23)21-20-17(7-14-27-20)15-19(22-21)16-3-5-18(6-4-16)26-13-12-25/h3-7,14-15,25H,2,8-13H2,1H3. The van der Waals surface area contributed by atoms with Crippen molar-refractivity contribution in [2.75, 3.05) is 50.8 Å². The van der Waals surface area contributed by atoms with Gasteiger partial charge in [-0.25, -0.2) is 4.98 Å². The van der Waals surface area contributed by atoms with Gasteiger partial charge in [0, 0.05) is 31.7 Å². The van der Waals surface area contributed by atoms with Gasteiger partial charge in [0.15, 0.2) is 0 Å². The Balaban J connectivity index is 1.64. The molecule has 0 saturated carbocycles. The molecule has 142 valence electrons. The first-order valence-corrected chi connectivity index (χ1v) is 10.4. The van der Waals surface area contributed by atoms with Crippen LogP contribution in [0.4, 0.5) is 5.82 Å². The highest BCUT2D eigenvalue weighted by atomic mass is 32.1. The van der Waals surface area contributed by atoms with E-state index in [9.17, 15) is 0 Å². The molecule has 0 bridgehead atoms. The van der Waals surface area contributed by atoms with Crippen LogP contribution < -0.4 is 9.64 Å². The van der Waals surface area contributed by atoms with Gasteiger partial charge in [-0.2, -0.15) is 0 Å². The minimum absolute atomic E-state index is 0.0206. The van der Waals surface area contributed by atoms with Crippen molar-refractivity contribution in [3.8, 4) is 17.0 Å². The van der Waals surface area contributed by atoms with Crippen LogP contribution in [0, 0.1) is 0 Å². The highest BCUT2D eigenvalue weighted by Gasteiger charge is 2.20. The molecule has 6 heteroatoms. The van der Waals surface area contributed by atoms with E-state index in [1.807, 2.05) is 24.3 Å². The highest BCUT2D eigenvalue weighted by molar-refractivity contribution is 7.17. The summed E-state index contributed by atoms with van der Waals surface area (Å²) >= 11 is 1.77. The molecule has 2 aromatic heterocycles. The van der Waals surface area contributed by atoms with Crippen LogP contribution in [-0.2, 0) is 0 Å². The summed E-state index contributed by atoms with van der Waals surface area (Å²) in [6.07, 6.45) is 0. The number of aromatic nitrogens is 1. The number of aliphatic hydroxyl groups is 1. The Morgan fingerprint density at radius 1 is 1.11 bits per heavy atom. The molecule has 0 amide bonds. The molecule has 1 aliphatic heterocycles. The van der Waals surface area contributed by atoms with E-state index in [2.05, 4.69) is 34.2 Å². The maximum Gasteiger partial charge on any atom is 0.147 e. The first-order chi connectivity index (χ1) is 13.3. The van der Waals surface area contributed by atoms with E-state index in [4.69, 9.17) is 14.8 Å². The van der Waals surface area contributed by atoms with Gasteiger partial charge in [0.1, 0.15) is 18.2 Å². The molecule has 3 aromatic rings. The molecule has 5 nitrogen and oxygen atoms in total. The Morgan fingerprint density at radius 2 is 1.89 bits per heavy atom. The third-order valence-corrected chi connectivity index (χ3v) is 5.97. The van der Waals surface area contributed by atoms with Gasteiger partial charge < -0.3 is 19.6 Å². The average molecular weight is 384 g/mol. The number of likely N-dealkylation sites (N-methyl/N-ethyl adjacent to an activating group) is 1. The normalized spacial score (nSPS) is 15.4. The second-order valence-corrected chi connectivity index (χ2v) is 7.60. The van der Waals surface area contributed by atoms with Crippen molar-refractivity contribution in [2.45, 2.75) is 6.92 Å². The second-order valence-electron chi connectivity index (χ2n) is 6.69. The zero-order valence-electron chi connectivity index (χ0n) is 15.6. The van der Waals surface area contributed by atoms with E-state index < -0.39 is 0 Å². The zero-order valence-corrected chi connectivity index (χ0v) is 16.4. The number of fused-ring (bicyclic) bond motifs is 1. The number of benzene rings is 1. The molecule has 0 aliphatic carbocycles. The van der Waals surface area contributed by atoms with E-state index in [0.717, 1.165) is 55.5 Å². The lowest BCUT2D eigenvalue weighted by Gasteiger charge is -2.35. The lowest BCUT2D eigenvalue weighted by Crippen LogP contribution is -2.46. The lowest BCUT2D eigenvalue weighted by atomic mass is 10.1. The topological polar surface area (TPSA) is 48.8 Å². The number of hydrogen-bond acceptors (Lipinski definition) is 6. The zero-order chi connectivity index (χ0) is 18.6. The fraction of sp³-hybridized carbons (Fsp3) is 0.381. The number of nitrogens with zero attached hydrogens (tertiary/aromatic N) is 3. The average Bonchev–Trinajstić information content (AvgIpc) is 3.21. The molecule has 3 heterocycles. The van der Waals surface area contributed by atoms with Crippen LogP contribution in [-0.4, -0.2) is 60.9 Å². The lowest BCUT2D eigenvalue weighted by molar-refractivity contribution is 0.201. The number of hydrogen-bond donors (Lipinski definition) is 1. The summed E-state index contributed by atoms with van der Waals surface area (Å²) in [7, 11) is 0. The fourth-order valence-electron chi connectivity index (χ4n) is 3.48. The Morgan fingerprint density at radius 3 is 2.59 bits per heavy atom. The number of anilines is 1.